The van der Waals surface area contributed by atoms with Crippen molar-refractivity contribution in [1.29, 1.82) is 0 Å². The van der Waals surface area contributed by atoms with Crippen LogP contribution in [0.2, 0.25) is 0 Å². The number of allylic oxidation sites excluding steroid dienone is 1. The van der Waals surface area contributed by atoms with E-state index in [1.165, 1.54) is 16.0 Å². The first kappa shape index (κ1) is 25.7. The number of carbonyl (C=O) groups is 2. The average molecular weight is 505 g/mol. The van der Waals surface area contributed by atoms with Crippen molar-refractivity contribution < 1.29 is 19.4 Å². The third kappa shape index (κ3) is 6.42. The Morgan fingerprint density at radius 2 is 1.92 bits per heavy atom. The van der Waals surface area contributed by atoms with E-state index < -0.39 is 5.97 Å². The lowest BCUT2D eigenvalue weighted by molar-refractivity contribution is -0.137. The van der Waals surface area contributed by atoms with Gasteiger partial charge in [0.2, 0.25) is 0 Å². The fourth-order valence-electron chi connectivity index (χ4n) is 4.43. The largest absolute Gasteiger partial charge is 0.489 e. The number of ether oxygens (including phenoxy) is 1. The van der Waals surface area contributed by atoms with Crippen LogP contribution in [-0.2, 0) is 30.9 Å². The molecule has 1 amide bonds. The Labute approximate surface area is 216 Å². The number of nitrogens with zero attached hydrogens (tertiary/aromatic N) is 2. The van der Waals surface area contributed by atoms with Crippen LogP contribution in [-0.4, -0.2) is 47.4 Å². The molecular weight excluding hydrogens is 472 g/mol. The Hall–Kier alpha value is -3.42. The summed E-state index contributed by atoms with van der Waals surface area (Å²) < 4.78 is 5.99. The predicted molar refractivity (Wildman–Crippen MR) is 143 cm³/mol. The number of aliphatic carboxylic acids is 1. The molecule has 1 atom stereocenters. The van der Waals surface area contributed by atoms with Crippen molar-refractivity contribution in [2.45, 2.75) is 38.5 Å². The van der Waals surface area contributed by atoms with Gasteiger partial charge >= 0.3 is 5.97 Å². The lowest BCUT2D eigenvalue weighted by atomic mass is 9.96. The highest BCUT2D eigenvalue weighted by molar-refractivity contribution is 7.14. The molecule has 7 heteroatoms. The maximum atomic E-state index is 12.3. The number of thiophene rings is 1. The minimum absolute atomic E-state index is 0.0244. The van der Waals surface area contributed by atoms with Gasteiger partial charge in [-0.05, 0) is 46.9 Å². The Morgan fingerprint density at radius 1 is 1.17 bits per heavy atom. The van der Waals surface area contributed by atoms with Gasteiger partial charge in [-0.25, -0.2) is 0 Å². The summed E-state index contributed by atoms with van der Waals surface area (Å²) in [5, 5.41) is 9.06. The first-order chi connectivity index (χ1) is 17.3. The van der Waals surface area contributed by atoms with E-state index in [0.717, 1.165) is 47.8 Å². The van der Waals surface area contributed by atoms with Gasteiger partial charge in [-0.3, -0.25) is 14.5 Å². The topological polar surface area (TPSA) is 70.1 Å². The molecule has 0 aliphatic carbocycles. The quantitative estimate of drug-likeness (QED) is 0.378. The molecule has 0 bridgehead atoms. The number of carbonyl (C=O) groups excluding carboxylic acids is 1. The van der Waals surface area contributed by atoms with Crippen molar-refractivity contribution in [2.24, 2.45) is 0 Å². The molecule has 0 unspecified atom stereocenters. The molecule has 0 saturated heterocycles. The highest BCUT2D eigenvalue weighted by Crippen LogP contribution is 2.30. The monoisotopic (exact) mass is 504 g/mol. The molecule has 36 heavy (non-hydrogen) atoms. The maximum Gasteiger partial charge on any atom is 0.304 e. The van der Waals surface area contributed by atoms with E-state index in [9.17, 15) is 9.59 Å². The number of hydrogen-bond acceptors (Lipinski definition) is 5. The number of benzene rings is 2. The molecule has 2 heterocycles. The lowest BCUT2D eigenvalue weighted by Gasteiger charge is -2.26. The van der Waals surface area contributed by atoms with Crippen LogP contribution in [0.3, 0.4) is 0 Å². The van der Waals surface area contributed by atoms with Crippen LogP contribution >= 0.6 is 11.3 Å². The van der Waals surface area contributed by atoms with Gasteiger partial charge < -0.3 is 14.7 Å². The van der Waals surface area contributed by atoms with Gasteiger partial charge in [0.15, 0.2) is 0 Å². The van der Waals surface area contributed by atoms with E-state index >= 15 is 0 Å². The van der Waals surface area contributed by atoms with Crippen LogP contribution in [0.5, 0.6) is 5.75 Å². The van der Waals surface area contributed by atoms with Crippen LogP contribution < -0.4 is 4.74 Å². The Balaban J connectivity index is 1.33. The van der Waals surface area contributed by atoms with E-state index in [2.05, 4.69) is 41.8 Å². The van der Waals surface area contributed by atoms with E-state index in [-0.39, 0.29) is 18.2 Å². The first-order valence-electron chi connectivity index (χ1n) is 12.0. The molecule has 0 spiro atoms. The average Bonchev–Trinajstić information content (AvgIpc) is 3.29. The van der Waals surface area contributed by atoms with Gasteiger partial charge in [0.1, 0.15) is 12.4 Å². The summed E-state index contributed by atoms with van der Waals surface area (Å²) >= 11 is 1.63. The minimum Gasteiger partial charge on any atom is -0.489 e. The SMILES string of the molecule is C=C[C@@H](CC(=O)O)c1ccc(OCc2cccc(CN3CCc4sc(C(=O)N(C)C)cc4C3)c2)cc1. The van der Waals surface area contributed by atoms with Crippen LogP contribution in [0.1, 0.15) is 49.1 Å². The van der Waals surface area contributed by atoms with Crippen molar-refractivity contribution in [3.63, 3.8) is 0 Å². The number of hydrogen-bond donors (Lipinski definition) is 1. The molecule has 0 radical (unpaired) electrons. The Bertz CT molecular complexity index is 1230. The number of amides is 1. The summed E-state index contributed by atoms with van der Waals surface area (Å²) in [6, 6.07) is 18.0. The fourth-order valence-corrected chi connectivity index (χ4v) is 5.62. The fraction of sp³-hybridized carbons (Fsp3) is 0.310. The van der Waals surface area contributed by atoms with Gasteiger partial charge in [-0.1, -0.05) is 42.5 Å². The predicted octanol–water partition coefficient (Wildman–Crippen LogP) is 5.33. The molecule has 188 valence electrons. The van der Waals surface area contributed by atoms with Crippen molar-refractivity contribution in [2.75, 3.05) is 20.6 Å². The molecule has 0 fully saturated rings. The van der Waals surface area contributed by atoms with Gasteiger partial charge in [-0.2, -0.15) is 0 Å². The smallest absolute Gasteiger partial charge is 0.304 e. The number of carboxylic acids is 1. The van der Waals surface area contributed by atoms with Crippen LogP contribution in [0.4, 0.5) is 0 Å². The highest BCUT2D eigenvalue weighted by atomic mass is 32.1. The first-order valence-corrected chi connectivity index (χ1v) is 12.8. The Kier molecular flexibility index (Phi) is 8.23. The van der Waals surface area contributed by atoms with Crippen molar-refractivity contribution in [3.05, 3.63) is 99.3 Å². The molecule has 0 saturated carbocycles. The molecule has 3 aromatic rings. The zero-order valence-corrected chi connectivity index (χ0v) is 21.6. The summed E-state index contributed by atoms with van der Waals surface area (Å²) in [4.78, 5) is 29.6. The molecule has 2 aromatic carbocycles. The summed E-state index contributed by atoms with van der Waals surface area (Å²) in [7, 11) is 3.58. The molecule has 1 aliphatic rings. The second-order valence-corrected chi connectivity index (χ2v) is 10.5. The van der Waals surface area contributed by atoms with Gasteiger partial charge in [0, 0.05) is 44.5 Å². The summed E-state index contributed by atoms with van der Waals surface area (Å²) in [5.74, 6) is -0.242. The molecule has 1 aliphatic heterocycles. The normalized spacial score (nSPS) is 14.1. The van der Waals surface area contributed by atoms with Crippen LogP contribution in [0.15, 0.2) is 67.3 Å². The van der Waals surface area contributed by atoms with Crippen molar-refractivity contribution >= 4 is 23.2 Å². The third-order valence-corrected chi connectivity index (χ3v) is 7.58. The lowest BCUT2D eigenvalue weighted by Crippen LogP contribution is -2.29. The second kappa shape index (κ2) is 11.5. The molecule has 1 N–H and O–H groups in total. The van der Waals surface area contributed by atoms with Crippen molar-refractivity contribution in [1.82, 2.24) is 9.80 Å². The van der Waals surface area contributed by atoms with Crippen LogP contribution in [0.25, 0.3) is 0 Å². The third-order valence-electron chi connectivity index (χ3n) is 6.35. The van der Waals surface area contributed by atoms with E-state index in [1.807, 2.05) is 24.3 Å². The molecular formula is C29H32N2O4S. The number of fused-ring (bicyclic) bond motifs is 1. The number of rotatable bonds is 10. The molecule has 6 nitrogen and oxygen atoms in total. The standard InChI is InChI=1S/C29H32N2O4S/c1-4-22(16-28(32)33)23-8-10-25(11-9-23)35-19-21-7-5-6-20(14-21)17-31-13-12-26-24(18-31)15-27(36-26)29(34)30(2)3/h4-11,14-15,22H,1,12-13,16-19H2,2-3H3,(H,32,33)/t22-/m0/s1. The Morgan fingerprint density at radius 3 is 2.61 bits per heavy atom. The van der Waals surface area contributed by atoms with E-state index in [0.29, 0.717) is 6.61 Å². The van der Waals surface area contributed by atoms with Crippen LogP contribution in [0, 0.1) is 0 Å². The summed E-state index contributed by atoms with van der Waals surface area (Å²) in [6.45, 7) is 6.89. The van der Waals surface area contributed by atoms with Gasteiger partial charge in [0.05, 0.1) is 11.3 Å². The highest BCUT2D eigenvalue weighted by Gasteiger charge is 2.22. The molecule has 4 rings (SSSR count). The second-order valence-electron chi connectivity index (χ2n) is 9.34. The van der Waals surface area contributed by atoms with Gasteiger partial charge in [-0.15, -0.1) is 17.9 Å². The minimum atomic E-state index is -0.843. The summed E-state index contributed by atoms with van der Waals surface area (Å²) in [5.41, 5.74) is 4.51. The summed E-state index contributed by atoms with van der Waals surface area (Å²) in [6.07, 6.45) is 2.66. The van der Waals surface area contributed by atoms with Gasteiger partial charge in [0.25, 0.3) is 5.91 Å². The number of carboxylic acid groups (broad SMARTS) is 1. The maximum absolute atomic E-state index is 12.3. The van der Waals surface area contributed by atoms with Crippen molar-refractivity contribution in [3.8, 4) is 5.75 Å². The molecule has 1 aromatic heterocycles. The van der Waals surface area contributed by atoms with E-state index in [1.54, 1.807) is 36.4 Å². The van der Waals surface area contributed by atoms with E-state index in [4.69, 9.17) is 9.84 Å². The zero-order valence-electron chi connectivity index (χ0n) is 20.8. The zero-order chi connectivity index (χ0) is 25.7.